The molecule has 1 fully saturated rings. The lowest BCUT2D eigenvalue weighted by Gasteiger charge is -2.39. The summed E-state index contributed by atoms with van der Waals surface area (Å²) in [6.07, 6.45) is 0.264. The fraction of sp³-hybridized carbons (Fsp3) is 0.882. The van der Waals surface area contributed by atoms with Gasteiger partial charge in [0.1, 0.15) is 11.6 Å². The van der Waals surface area contributed by atoms with E-state index in [-0.39, 0.29) is 23.3 Å². The Morgan fingerprint density at radius 3 is 2.35 bits per heavy atom. The van der Waals surface area contributed by atoms with Gasteiger partial charge in [0.05, 0.1) is 0 Å². The molecule has 1 heterocycles. The molecule has 6 nitrogen and oxygen atoms in total. The zero-order chi connectivity index (χ0) is 17.8. The highest BCUT2D eigenvalue weighted by atomic mass is 16.6. The van der Waals surface area contributed by atoms with E-state index in [0.29, 0.717) is 0 Å². The summed E-state index contributed by atoms with van der Waals surface area (Å²) in [5.74, 6) is -0.190. The fourth-order valence-electron chi connectivity index (χ4n) is 2.59. The maximum Gasteiger partial charge on any atom is 0.408 e. The van der Waals surface area contributed by atoms with Gasteiger partial charge in [-0.15, -0.1) is 0 Å². The van der Waals surface area contributed by atoms with E-state index in [9.17, 15) is 9.59 Å². The number of alkyl carbamates (subject to hydrolysis) is 1. The van der Waals surface area contributed by atoms with Gasteiger partial charge in [0.25, 0.3) is 0 Å². The molecule has 1 radical (unpaired) electrons. The lowest BCUT2D eigenvalue weighted by atomic mass is 9.80. The lowest BCUT2D eigenvalue weighted by Crippen LogP contribution is -2.58. The smallest absolute Gasteiger partial charge is 0.408 e. The third kappa shape index (κ3) is 6.37. The number of piperidine rings is 1. The first-order chi connectivity index (χ1) is 10.4. The molecule has 0 aromatic carbocycles. The molecule has 2 unspecified atom stereocenters. The van der Waals surface area contributed by atoms with Gasteiger partial charge in [0.2, 0.25) is 5.91 Å². The van der Waals surface area contributed by atoms with Crippen molar-refractivity contribution < 1.29 is 14.3 Å². The number of amides is 2. The first kappa shape index (κ1) is 19.7. The number of carbonyl (C=O) groups excluding carboxylic acids is 2. The third-order valence-electron chi connectivity index (χ3n) is 3.98. The van der Waals surface area contributed by atoms with E-state index in [1.807, 2.05) is 13.8 Å². The number of carbonyl (C=O) groups is 2. The molecule has 23 heavy (non-hydrogen) atoms. The maximum absolute atomic E-state index is 12.6. The zero-order valence-electron chi connectivity index (χ0n) is 15.5. The molecule has 1 rings (SSSR count). The molecule has 0 aromatic heterocycles. The van der Waals surface area contributed by atoms with Gasteiger partial charge in [0, 0.05) is 19.1 Å². The highest BCUT2D eigenvalue weighted by Gasteiger charge is 2.36. The van der Waals surface area contributed by atoms with E-state index in [4.69, 9.17) is 4.74 Å². The van der Waals surface area contributed by atoms with Gasteiger partial charge in [-0.05, 0) is 38.5 Å². The van der Waals surface area contributed by atoms with Crippen LogP contribution >= 0.6 is 0 Å². The number of hydrogen-bond acceptors (Lipinski definition) is 3. The van der Waals surface area contributed by atoms with E-state index >= 15 is 0 Å². The number of hydrogen-bond donors (Lipinski definition) is 2. The molecule has 1 saturated heterocycles. The van der Waals surface area contributed by atoms with Crippen molar-refractivity contribution in [2.75, 3.05) is 13.1 Å². The Morgan fingerprint density at radius 2 is 1.87 bits per heavy atom. The average molecular weight is 326 g/mol. The molecule has 0 aliphatic carbocycles. The molecule has 2 atom stereocenters. The van der Waals surface area contributed by atoms with E-state index in [0.717, 1.165) is 19.5 Å². The first-order valence-corrected chi connectivity index (χ1v) is 8.35. The summed E-state index contributed by atoms with van der Waals surface area (Å²) >= 11 is 0. The summed E-state index contributed by atoms with van der Waals surface area (Å²) in [6.45, 7) is 14.9. The molecule has 2 amide bonds. The average Bonchev–Trinajstić information content (AvgIpc) is 2.35. The molecule has 0 bridgehead atoms. The minimum Gasteiger partial charge on any atom is -0.444 e. The van der Waals surface area contributed by atoms with Gasteiger partial charge < -0.3 is 15.4 Å². The van der Waals surface area contributed by atoms with Crippen LogP contribution in [0.4, 0.5) is 4.79 Å². The Kier molecular flexibility index (Phi) is 6.45. The van der Waals surface area contributed by atoms with Crippen LogP contribution < -0.4 is 16.0 Å². The molecule has 133 valence electrons. The summed E-state index contributed by atoms with van der Waals surface area (Å²) in [7, 11) is 0. The van der Waals surface area contributed by atoms with Crippen molar-refractivity contribution in [3.63, 3.8) is 0 Å². The molecule has 0 aromatic rings. The minimum atomic E-state index is -0.612. The normalized spacial score (nSPS) is 22.3. The van der Waals surface area contributed by atoms with Gasteiger partial charge in [0.15, 0.2) is 0 Å². The van der Waals surface area contributed by atoms with Crippen molar-refractivity contribution >= 4 is 12.0 Å². The maximum atomic E-state index is 12.6. The molecular weight excluding hydrogens is 294 g/mol. The van der Waals surface area contributed by atoms with Crippen LogP contribution in [0.25, 0.3) is 0 Å². The Morgan fingerprint density at radius 1 is 1.26 bits per heavy atom. The predicted molar refractivity (Wildman–Crippen MR) is 90.2 cm³/mol. The van der Waals surface area contributed by atoms with Crippen molar-refractivity contribution in [3.05, 3.63) is 0 Å². The second kappa shape index (κ2) is 7.51. The van der Waals surface area contributed by atoms with Crippen LogP contribution in [0.3, 0.4) is 0 Å². The second-order valence-electron chi connectivity index (χ2n) is 8.31. The second-order valence-corrected chi connectivity index (χ2v) is 8.31. The Balaban J connectivity index is 2.69. The highest BCUT2D eigenvalue weighted by molar-refractivity contribution is 5.86. The number of ether oxygens (including phenoxy) is 1. The predicted octanol–water partition coefficient (Wildman–Crippen LogP) is 2.05. The quantitative estimate of drug-likeness (QED) is 0.829. The molecule has 2 N–H and O–H groups in total. The molecule has 0 spiro atoms. The van der Waals surface area contributed by atoms with Crippen LogP contribution in [-0.2, 0) is 9.53 Å². The molecule has 0 saturated carbocycles. The SMILES string of the molecule is CC(C)C(NC(=O)OC(C)(C)C)C(=O)NC1CC[N]CC1(C)C. The van der Waals surface area contributed by atoms with Crippen LogP contribution in [0.1, 0.15) is 54.9 Å². The number of rotatable bonds is 4. The summed E-state index contributed by atoms with van der Waals surface area (Å²) < 4.78 is 5.25. The van der Waals surface area contributed by atoms with Gasteiger partial charge in [-0.3, -0.25) is 4.79 Å². The van der Waals surface area contributed by atoms with Crippen molar-refractivity contribution in [1.29, 1.82) is 0 Å². The van der Waals surface area contributed by atoms with Crippen molar-refractivity contribution in [2.24, 2.45) is 11.3 Å². The van der Waals surface area contributed by atoms with Crippen molar-refractivity contribution in [2.45, 2.75) is 72.6 Å². The third-order valence-corrected chi connectivity index (χ3v) is 3.98. The monoisotopic (exact) mass is 326 g/mol. The summed E-state index contributed by atoms with van der Waals surface area (Å²) in [5.41, 5.74) is -0.656. The van der Waals surface area contributed by atoms with Crippen molar-refractivity contribution in [3.8, 4) is 0 Å². The van der Waals surface area contributed by atoms with E-state index in [2.05, 4.69) is 29.8 Å². The topological polar surface area (TPSA) is 81.5 Å². The zero-order valence-corrected chi connectivity index (χ0v) is 15.5. The van der Waals surface area contributed by atoms with Crippen LogP contribution in [0, 0.1) is 11.3 Å². The molecule has 6 heteroatoms. The number of nitrogens with zero attached hydrogens (tertiary/aromatic N) is 1. The van der Waals surface area contributed by atoms with Crippen LogP contribution in [0.15, 0.2) is 0 Å². The fourth-order valence-corrected chi connectivity index (χ4v) is 2.59. The van der Waals surface area contributed by atoms with Gasteiger partial charge in [-0.2, -0.15) is 0 Å². The van der Waals surface area contributed by atoms with Crippen LogP contribution in [0.5, 0.6) is 0 Å². The van der Waals surface area contributed by atoms with Gasteiger partial charge in [-0.25, -0.2) is 10.1 Å². The molecule has 1 aliphatic rings. The highest BCUT2D eigenvalue weighted by Crippen LogP contribution is 2.26. The van der Waals surface area contributed by atoms with Gasteiger partial charge in [-0.1, -0.05) is 27.7 Å². The first-order valence-electron chi connectivity index (χ1n) is 8.35. The van der Waals surface area contributed by atoms with Gasteiger partial charge >= 0.3 is 6.09 Å². The van der Waals surface area contributed by atoms with E-state index in [1.54, 1.807) is 20.8 Å². The molecular formula is C17H32N3O3. The lowest BCUT2D eigenvalue weighted by molar-refractivity contribution is -0.126. The summed E-state index contributed by atoms with van der Waals surface area (Å²) in [6, 6.07) is -0.547. The molecule has 1 aliphatic heterocycles. The largest absolute Gasteiger partial charge is 0.444 e. The van der Waals surface area contributed by atoms with E-state index < -0.39 is 17.7 Å². The van der Waals surface area contributed by atoms with Crippen molar-refractivity contribution in [1.82, 2.24) is 16.0 Å². The van der Waals surface area contributed by atoms with Crippen LogP contribution in [-0.4, -0.2) is 42.8 Å². The Hall–Kier alpha value is -1.30. The standard InChI is InChI=1S/C17H32N3O3/c1-11(2)13(20-15(22)23-16(3,4)5)14(21)19-12-8-9-18-10-17(12,6)7/h11-13H,8-10H2,1-7H3,(H,19,21)(H,20,22). The summed E-state index contributed by atoms with van der Waals surface area (Å²) in [4.78, 5) is 24.6. The minimum absolute atomic E-state index is 0.0288. The Bertz CT molecular complexity index is 427. The summed E-state index contributed by atoms with van der Waals surface area (Å²) in [5, 5.41) is 10.2. The van der Waals surface area contributed by atoms with E-state index in [1.165, 1.54) is 0 Å². The van der Waals surface area contributed by atoms with Crippen LogP contribution in [0.2, 0.25) is 0 Å². The Labute approximate surface area is 140 Å². The number of nitrogens with one attached hydrogen (secondary N) is 2.